The van der Waals surface area contributed by atoms with Crippen molar-refractivity contribution in [1.82, 2.24) is 5.32 Å². The Kier molecular flexibility index (Phi) is 4.25. The zero-order valence-electron chi connectivity index (χ0n) is 13.7. The number of hydrogen-bond donors (Lipinski definition) is 1. The molecule has 3 aromatic rings. The number of nitrogens with one attached hydrogen (secondary N) is 1. The second kappa shape index (κ2) is 6.85. The van der Waals surface area contributed by atoms with Crippen molar-refractivity contribution in [3.8, 4) is 5.75 Å². The van der Waals surface area contributed by atoms with Gasteiger partial charge in [0.05, 0.1) is 12.2 Å². The van der Waals surface area contributed by atoms with Gasteiger partial charge in [0.1, 0.15) is 24.2 Å². The number of para-hydroxylation sites is 1. The number of carbonyl (C=O) groups is 1. The summed E-state index contributed by atoms with van der Waals surface area (Å²) in [5, 5.41) is 3.12. The first kappa shape index (κ1) is 15.5. The van der Waals surface area contributed by atoms with Crippen molar-refractivity contribution in [2.45, 2.75) is 12.5 Å². The molecule has 126 valence electrons. The lowest BCUT2D eigenvalue weighted by Gasteiger charge is -2.26. The van der Waals surface area contributed by atoms with Gasteiger partial charge in [-0.1, -0.05) is 48.5 Å². The highest BCUT2D eigenvalue weighted by Gasteiger charge is 2.28. The van der Waals surface area contributed by atoms with Gasteiger partial charge in [-0.15, -0.1) is 0 Å². The fourth-order valence-electron chi connectivity index (χ4n) is 3.18. The smallest absolute Gasteiger partial charge is 0.227 e. The summed E-state index contributed by atoms with van der Waals surface area (Å²) in [5.74, 6) is 1.35. The van der Waals surface area contributed by atoms with Gasteiger partial charge in [-0.3, -0.25) is 4.79 Å². The van der Waals surface area contributed by atoms with Gasteiger partial charge < -0.3 is 14.5 Å². The number of rotatable bonds is 4. The second-order valence-corrected chi connectivity index (χ2v) is 6.19. The van der Waals surface area contributed by atoms with Gasteiger partial charge in [-0.05, 0) is 35.7 Å². The molecule has 0 saturated carbocycles. The molecule has 4 nitrogen and oxygen atoms in total. The predicted molar refractivity (Wildman–Crippen MR) is 94.3 cm³/mol. The fraction of sp³-hybridized carbons (Fsp3) is 0.190. The number of furan rings is 1. The van der Waals surface area contributed by atoms with Crippen molar-refractivity contribution in [1.29, 1.82) is 0 Å². The van der Waals surface area contributed by atoms with E-state index in [1.54, 1.807) is 6.26 Å². The molecule has 4 rings (SSSR count). The quantitative estimate of drug-likeness (QED) is 0.791. The van der Waals surface area contributed by atoms with E-state index in [9.17, 15) is 4.79 Å². The van der Waals surface area contributed by atoms with Crippen molar-refractivity contribution in [3.05, 3.63) is 89.9 Å². The molecule has 2 atom stereocenters. The van der Waals surface area contributed by atoms with E-state index in [4.69, 9.17) is 9.15 Å². The zero-order valence-corrected chi connectivity index (χ0v) is 13.7. The summed E-state index contributed by atoms with van der Waals surface area (Å²) in [5.41, 5.74) is 2.06. The summed E-state index contributed by atoms with van der Waals surface area (Å²) in [6.45, 7) is 0.391. The van der Waals surface area contributed by atoms with E-state index < -0.39 is 0 Å². The average molecular weight is 333 g/mol. The van der Waals surface area contributed by atoms with Crippen molar-refractivity contribution in [2.75, 3.05) is 6.61 Å². The summed E-state index contributed by atoms with van der Waals surface area (Å²) in [6, 6.07) is 21.1. The van der Waals surface area contributed by atoms with Crippen LogP contribution in [-0.4, -0.2) is 12.5 Å². The maximum Gasteiger partial charge on any atom is 0.227 e. The van der Waals surface area contributed by atoms with E-state index in [-0.39, 0.29) is 17.9 Å². The van der Waals surface area contributed by atoms with Crippen LogP contribution < -0.4 is 10.1 Å². The summed E-state index contributed by atoms with van der Waals surface area (Å²) in [7, 11) is 0. The Morgan fingerprint density at radius 1 is 1.00 bits per heavy atom. The molecule has 0 fully saturated rings. The largest absolute Gasteiger partial charge is 0.492 e. The van der Waals surface area contributed by atoms with Gasteiger partial charge in [0, 0.05) is 0 Å². The van der Waals surface area contributed by atoms with Crippen LogP contribution in [0.25, 0.3) is 0 Å². The molecular formula is C21H19NO3. The van der Waals surface area contributed by atoms with Crippen molar-refractivity contribution in [3.63, 3.8) is 0 Å². The zero-order chi connectivity index (χ0) is 17.1. The third-order valence-corrected chi connectivity index (χ3v) is 4.50. The third-order valence-electron chi connectivity index (χ3n) is 4.50. The van der Waals surface area contributed by atoms with E-state index in [0.29, 0.717) is 13.0 Å². The maximum absolute atomic E-state index is 12.9. The van der Waals surface area contributed by atoms with Crippen LogP contribution >= 0.6 is 0 Å². The molecule has 25 heavy (non-hydrogen) atoms. The summed E-state index contributed by atoms with van der Waals surface area (Å²) in [6.07, 6.45) is 2.30. The maximum atomic E-state index is 12.9. The number of benzene rings is 2. The van der Waals surface area contributed by atoms with E-state index in [0.717, 1.165) is 22.6 Å². The molecule has 1 aliphatic heterocycles. The Labute approximate surface area is 146 Å². The topological polar surface area (TPSA) is 51.5 Å². The number of ether oxygens (including phenoxy) is 1. The number of carbonyl (C=O) groups excluding carboxylic acids is 1. The van der Waals surface area contributed by atoms with Crippen LogP contribution in [0.4, 0.5) is 0 Å². The molecule has 0 spiro atoms. The van der Waals surface area contributed by atoms with Gasteiger partial charge in [0.2, 0.25) is 5.91 Å². The standard InChI is InChI=1S/C21H19NO3/c23-21(17-13-16-9-4-5-10-18(16)25-14-17)22-20(19-11-6-12-24-19)15-7-2-1-3-8-15/h1-12,17,20H,13-14H2,(H,22,23). The lowest BCUT2D eigenvalue weighted by molar-refractivity contribution is -0.126. The minimum Gasteiger partial charge on any atom is -0.492 e. The molecule has 1 amide bonds. The first-order valence-electron chi connectivity index (χ1n) is 8.40. The monoisotopic (exact) mass is 333 g/mol. The van der Waals surface area contributed by atoms with Crippen LogP contribution in [0.2, 0.25) is 0 Å². The lowest BCUT2D eigenvalue weighted by Crippen LogP contribution is -2.39. The second-order valence-electron chi connectivity index (χ2n) is 6.19. The Balaban J connectivity index is 1.54. The molecule has 0 bridgehead atoms. The summed E-state index contributed by atoms with van der Waals surface area (Å²) >= 11 is 0. The van der Waals surface area contributed by atoms with Gasteiger partial charge in [-0.2, -0.15) is 0 Å². The Morgan fingerprint density at radius 3 is 2.60 bits per heavy atom. The van der Waals surface area contributed by atoms with Gasteiger partial charge in [-0.25, -0.2) is 0 Å². The van der Waals surface area contributed by atoms with Crippen LogP contribution in [0.3, 0.4) is 0 Å². The van der Waals surface area contributed by atoms with Crippen LogP contribution in [0.5, 0.6) is 5.75 Å². The first-order valence-corrected chi connectivity index (χ1v) is 8.40. The normalized spacial score (nSPS) is 17.2. The number of amides is 1. The SMILES string of the molecule is O=C(NC(c1ccccc1)c1ccco1)C1COc2ccccc2C1. The van der Waals surface area contributed by atoms with E-state index in [2.05, 4.69) is 5.32 Å². The predicted octanol–water partition coefficient (Wildman–Crippen LogP) is 3.74. The molecular weight excluding hydrogens is 314 g/mol. The molecule has 2 heterocycles. The molecule has 1 N–H and O–H groups in total. The van der Waals surface area contributed by atoms with E-state index in [1.807, 2.05) is 66.7 Å². The number of hydrogen-bond acceptors (Lipinski definition) is 3. The van der Waals surface area contributed by atoms with Gasteiger partial charge in [0.25, 0.3) is 0 Å². The minimum atomic E-state index is -0.305. The van der Waals surface area contributed by atoms with Gasteiger partial charge >= 0.3 is 0 Å². The molecule has 0 radical (unpaired) electrons. The first-order chi connectivity index (χ1) is 12.3. The highest BCUT2D eigenvalue weighted by Crippen LogP contribution is 2.28. The Bertz CT molecular complexity index is 843. The molecule has 0 aliphatic carbocycles. The third kappa shape index (κ3) is 3.29. The molecule has 2 aromatic carbocycles. The fourth-order valence-corrected chi connectivity index (χ4v) is 3.18. The van der Waals surface area contributed by atoms with Crippen molar-refractivity contribution in [2.24, 2.45) is 5.92 Å². The molecule has 0 saturated heterocycles. The molecule has 4 heteroatoms. The van der Waals surface area contributed by atoms with Crippen LogP contribution in [-0.2, 0) is 11.2 Å². The van der Waals surface area contributed by atoms with E-state index in [1.165, 1.54) is 0 Å². The summed E-state index contributed by atoms with van der Waals surface area (Å²) < 4.78 is 11.3. The molecule has 2 unspecified atom stereocenters. The van der Waals surface area contributed by atoms with Crippen LogP contribution in [0, 0.1) is 5.92 Å². The van der Waals surface area contributed by atoms with Crippen molar-refractivity contribution < 1.29 is 13.9 Å². The summed E-state index contributed by atoms with van der Waals surface area (Å²) in [4.78, 5) is 12.9. The Hall–Kier alpha value is -3.01. The molecule has 1 aromatic heterocycles. The highest BCUT2D eigenvalue weighted by molar-refractivity contribution is 5.80. The lowest BCUT2D eigenvalue weighted by atomic mass is 9.95. The van der Waals surface area contributed by atoms with Crippen LogP contribution in [0.1, 0.15) is 22.9 Å². The minimum absolute atomic E-state index is 0.0280. The van der Waals surface area contributed by atoms with E-state index >= 15 is 0 Å². The highest BCUT2D eigenvalue weighted by atomic mass is 16.5. The van der Waals surface area contributed by atoms with Crippen LogP contribution in [0.15, 0.2) is 77.4 Å². The average Bonchev–Trinajstić information content (AvgIpc) is 3.20. The Morgan fingerprint density at radius 2 is 1.80 bits per heavy atom. The van der Waals surface area contributed by atoms with Gasteiger partial charge in [0.15, 0.2) is 0 Å². The number of fused-ring (bicyclic) bond motifs is 1. The van der Waals surface area contributed by atoms with Crippen molar-refractivity contribution >= 4 is 5.91 Å². The molecule has 1 aliphatic rings.